The van der Waals surface area contributed by atoms with Crippen molar-refractivity contribution in [2.24, 2.45) is 0 Å². The van der Waals surface area contributed by atoms with Gasteiger partial charge in [-0.25, -0.2) is 0 Å². The summed E-state index contributed by atoms with van der Waals surface area (Å²) in [5.74, 6) is 0. The van der Waals surface area contributed by atoms with Gasteiger partial charge in [-0.3, -0.25) is 0 Å². The molecule has 0 saturated carbocycles. The van der Waals surface area contributed by atoms with E-state index in [2.05, 4.69) is 22.6 Å². The average molecular weight is 208 g/mol. The van der Waals surface area contributed by atoms with Crippen LogP contribution in [0.1, 0.15) is 0 Å². The van der Waals surface area contributed by atoms with Crippen LogP contribution >= 0.6 is 44.2 Å². The van der Waals surface area contributed by atoms with Gasteiger partial charge in [-0.1, -0.05) is 22.6 Å². The molecular weight excluding hydrogens is 206 g/mol. The van der Waals surface area contributed by atoms with Gasteiger partial charge in [0.05, 0.1) is 3.76 Å². The Morgan fingerprint density at radius 2 is 2.25 bits per heavy atom. The van der Waals surface area contributed by atoms with Gasteiger partial charge in [-0.15, -0.1) is 0 Å². The molecule has 0 aliphatic heterocycles. The highest BCUT2D eigenvalue weighted by molar-refractivity contribution is 14.1. The standard InChI is InChI=1S/CH2ClIS/c2-4-1-3/h1H2. The molecule has 0 amide bonds. The van der Waals surface area contributed by atoms with Crippen molar-refractivity contribution in [3.8, 4) is 0 Å². The van der Waals surface area contributed by atoms with Gasteiger partial charge in [0.2, 0.25) is 0 Å². The molecule has 0 spiro atoms. The lowest BCUT2D eigenvalue weighted by molar-refractivity contribution is 2.46. The largest absolute Gasteiger partial charge is 0.0731 e. The molecule has 0 rings (SSSR count). The molecule has 0 aliphatic rings. The second-order valence-electron chi connectivity index (χ2n) is 0.218. The molecule has 0 radical (unpaired) electrons. The first-order valence-corrected chi connectivity index (χ1v) is 4.05. The second-order valence-corrected chi connectivity index (χ2v) is 3.18. The predicted molar refractivity (Wildman–Crippen MR) is 32.3 cm³/mol. The minimum atomic E-state index is 0.972. The summed E-state index contributed by atoms with van der Waals surface area (Å²) in [5, 5.41) is 0. The van der Waals surface area contributed by atoms with Gasteiger partial charge in [0, 0.05) is 0 Å². The minimum absolute atomic E-state index is 0.972. The van der Waals surface area contributed by atoms with Gasteiger partial charge in [-0.2, -0.15) is 0 Å². The summed E-state index contributed by atoms with van der Waals surface area (Å²) in [7, 11) is 6.41. The van der Waals surface area contributed by atoms with Gasteiger partial charge in [-0.05, 0) is 21.7 Å². The number of halogens is 2. The Kier molecular flexibility index (Phi) is 5.87. The maximum Gasteiger partial charge on any atom is 0.0606 e. The van der Waals surface area contributed by atoms with Crippen LogP contribution in [0.2, 0.25) is 0 Å². The van der Waals surface area contributed by atoms with Crippen molar-refractivity contribution in [3.05, 3.63) is 0 Å². The van der Waals surface area contributed by atoms with Crippen LogP contribution in [0.5, 0.6) is 0 Å². The lowest BCUT2D eigenvalue weighted by Gasteiger charge is -1.63. The number of hydrogen-bond donors (Lipinski definition) is 0. The fourth-order valence-corrected chi connectivity index (χ4v) is 0. The van der Waals surface area contributed by atoms with Crippen molar-refractivity contribution >= 4 is 44.2 Å². The van der Waals surface area contributed by atoms with E-state index in [1.807, 2.05) is 0 Å². The number of hydrogen-bond acceptors (Lipinski definition) is 1. The van der Waals surface area contributed by atoms with Crippen LogP contribution in [0, 0.1) is 0 Å². The Hall–Kier alpha value is 1.37. The number of alkyl halides is 1. The van der Waals surface area contributed by atoms with E-state index in [9.17, 15) is 0 Å². The van der Waals surface area contributed by atoms with Crippen LogP contribution < -0.4 is 0 Å². The highest BCUT2D eigenvalue weighted by atomic mass is 127. The van der Waals surface area contributed by atoms with Gasteiger partial charge >= 0.3 is 0 Å². The third-order valence-electron chi connectivity index (χ3n) is 0.0412. The Balaban J connectivity index is 1.97. The molecule has 0 aromatic carbocycles. The van der Waals surface area contributed by atoms with E-state index in [4.69, 9.17) is 10.7 Å². The Morgan fingerprint density at radius 3 is 2.25 bits per heavy atom. The van der Waals surface area contributed by atoms with Crippen molar-refractivity contribution in [3.63, 3.8) is 0 Å². The van der Waals surface area contributed by atoms with Crippen LogP contribution in [0.3, 0.4) is 0 Å². The van der Waals surface area contributed by atoms with E-state index < -0.39 is 0 Å². The van der Waals surface area contributed by atoms with Gasteiger partial charge < -0.3 is 0 Å². The molecule has 0 bridgehead atoms. The van der Waals surface area contributed by atoms with Gasteiger partial charge in [0.15, 0.2) is 0 Å². The van der Waals surface area contributed by atoms with Crippen LogP contribution in [0.15, 0.2) is 0 Å². The molecule has 26 valence electrons. The zero-order valence-corrected chi connectivity index (χ0v) is 5.60. The molecule has 0 unspecified atom stereocenters. The summed E-state index contributed by atoms with van der Waals surface area (Å²) in [6.07, 6.45) is 0. The second kappa shape index (κ2) is 4.37. The van der Waals surface area contributed by atoms with E-state index in [-0.39, 0.29) is 0 Å². The van der Waals surface area contributed by atoms with Crippen molar-refractivity contribution in [2.75, 3.05) is 3.76 Å². The molecule has 0 saturated heterocycles. The van der Waals surface area contributed by atoms with E-state index in [0.29, 0.717) is 0 Å². The Morgan fingerprint density at radius 1 is 2.00 bits per heavy atom. The third kappa shape index (κ3) is 3.37. The van der Waals surface area contributed by atoms with Gasteiger partial charge in [0.1, 0.15) is 0 Å². The molecule has 0 fully saturated rings. The molecule has 0 nitrogen and oxygen atoms in total. The molecule has 0 aliphatic carbocycles. The average Bonchev–Trinajstić information content (AvgIpc) is 1.37. The quantitative estimate of drug-likeness (QED) is 0.470. The summed E-state index contributed by atoms with van der Waals surface area (Å²) < 4.78 is 0.972. The van der Waals surface area contributed by atoms with E-state index in [1.54, 1.807) is 0 Å². The number of rotatable bonds is 1. The lowest BCUT2D eigenvalue weighted by atomic mass is 12.0. The summed E-state index contributed by atoms with van der Waals surface area (Å²) >= 11 is 2.18. The minimum Gasteiger partial charge on any atom is -0.0731 e. The summed E-state index contributed by atoms with van der Waals surface area (Å²) in [6.45, 7) is 0. The van der Waals surface area contributed by atoms with Crippen LogP contribution in [-0.2, 0) is 0 Å². The van der Waals surface area contributed by atoms with Gasteiger partial charge in [0.25, 0.3) is 0 Å². The normalized spacial score (nSPS) is 7.50. The smallest absolute Gasteiger partial charge is 0.0606 e. The van der Waals surface area contributed by atoms with Crippen LogP contribution in [-0.4, -0.2) is 3.76 Å². The first-order chi connectivity index (χ1) is 1.91. The molecular formula is CH2ClIS. The monoisotopic (exact) mass is 208 g/mol. The molecule has 4 heavy (non-hydrogen) atoms. The van der Waals surface area contributed by atoms with Crippen molar-refractivity contribution < 1.29 is 0 Å². The van der Waals surface area contributed by atoms with Crippen molar-refractivity contribution in [2.45, 2.75) is 0 Å². The predicted octanol–water partition coefficient (Wildman–Crippen LogP) is 2.27. The fraction of sp³-hybridized carbons (Fsp3) is 1.00. The first-order valence-electron chi connectivity index (χ1n) is 0.710. The lowest BCUT2D eigenvalue weighted by Crippen LogP contribution is -1.33. The molecule has 0 heterocycles. The SMILES string of the molecule is ClSCI. The highest BCUT2D eigenvalue weighted by Crippen LogP contribution is 2.07. The summed E-state index contributed by atoms with van der Waals surface area (Å²) in [4.78, 5) is 0. The van der Waals surface area contributed by atoms with Crippen LogP contribution in [0.4, 0.5) is 0 Å². The molecule has 3 heteroatoms. The van der Waals surface area contributed by atoms with Crippen molar-refractivity contribution in [1.82, 2.24) is 0 Å². The Bertz CT molecular complexity index is 10.0. The third-order valence-corrected chi connectivity index (χ3v) is 2.49. The van der Waals surface area contributed by atoms with Crippen LogP contribution in [0.25, 0.3) is 0 Å². The maximum atomic E-state index is 5.10. The summed E-state index contributed by atoms with van der Waals surface area (Å²) in [6, 6.07) is 0. The zero-order valence-electron chi connectivity index (χ0n) is 1.87. The zero-order chi connectivity index (χ0) is 3.41. The van der Waals surface area contributed by atoms with E-state index in [0.717, 1.165) is 3.76 Å². The summed E-state index contributed by atoms with van der Waals surface area (Å²) in [5.41, 5.74) is 0. The Labute approximate surface area is 47.9 Å². The maximum absolute atomic E-state index is 5.10. The van der Waals surface area contributed by atoms with Crippen molar-refractivity contribution in [1.29, 1.82) is 0 Å². The van der Waals surface area contributed by atoms with E-state index in [1.165, 1.54) is 11.0 Å². The fourth-order valence-electron chi connectivity index (χ4n) is 0. The molecule has 0 N–H and O–H groups in total. The molecule has 0 atom stereocenters. The van der Waals surface area contributed by atoms with E-state index >= 15 is 0 Å². The molecule has 0 aromatic rings. The molecule has 0 aromatic heterocycles. The first kappa shape index (κ1) is 5.37. The topological polar surface area (TPSA) is 0 Å². The highest BCUT2D eigenvalue weighted by Gasteiger charge is 1.61.